The molecule has 2 heterocycles. The van der Waals surface area contributed by atoms with Gasteiger partial charge in [-0.05, 0) is 42.0 Å². The molecule has 25 heavy (non-hydrogen) atoms. The number of rotatable bonds is 4. The zero-order valence-corrected chi connectivity index (χ0v) is 13.7. The van der Waals surface area contributed by atoms with E-state index in [1.807, 2.05) is 24.3 Å². The number of aromatic nitrogens is 3. The van der Waals surface area contributed by atoms with Gasteiger partial charge >= 0.3 is 0 Å². The average molecular weight is 355 g/mol. The SMILES string of the molecule is Fc1ccc(-c2noc3ncnc(NCc4ccc(Cl)cc4)c23)cc1. The van der Waals surface area contributed by atoms with Crippen LogP contribution in [-0.2, 0) is 6.54 Å². The van der Waals surface area contributed by atoms with E-state index in [4.69, 9.17) is 16.1 Å². The molecule has 0 unspecified atom stereocenters. The van der Waals surface area contributed by atoms with Gasteiger partial charge in [-0.1, -0.05) is 28.9 Å². The van der Waals surface area contributed by atoms with E-state index in [2.05, 4.69) is 20.4 Å². The third-order valence-corrected chi connectivity index (χ3v) is 4.02. The van der Waals surface area contributed by atoms with Crippen molar-refractivity contribution in [3.8, 4) is 11.3 Å². The molecular weight excluding hydrogens is 343 g/mol. The Balaban J connectivity index is 1.70. The zero-order valence-electron chi connectivity index (χ0n) is 12.9. The normalized spacial score (nSPS) is 11.0. The van der Waals surface area contributed by atoms with Gasteiger partial charge in [-0.25, -0.2) is 9.37 Å². The summed E-state index contributed by atoms with van der Waals surface area (Å²) in [7, 11) is 0. The Morgan fingerprint density at radius 2 is 1.76 bits per heavy atom. The number of benzene rings is 2. The van der Waals surface area contributed by atoms with E-state index in [9.17, 15) is 4.39 Å². The third-order valence-electron chi connectivity index (χ3n) is 3.76. The summed E-state index contributed by atoms with van der Waals surface area (Å²) in [6, 6.07) is 13.6. The minimum atomic E-state index is -0.311. The first-order valence-corrected chi connectivity index (χ1v) is 7.93. The van der Waals surface area contributed by atoms with E-state index in [1.54, 1.807) is 12.1 Å². The lowest BCUT2D eigenvalue weighted by molar-refractivity contribution is 0.451. The molecule has 0 saturated heterocycles. The van der Waals surface area contributed by atoms with Crippen molar-refractivity contribution in [2.75, 3.05) is 5.32 Å². The largest absolute Gasteiger partial charge is 0.365 e. The molecular formula is C18H12ClFN4O. The van der Waals surface area contributed by atoms with Crippen LogP contribution in [0.1, 0.15) is 5.56 Å². The van der Waals surface area contributed by atoms with Crippen LogP contribution < -0.4 is 5.32 Å². The smallest absolute Gasteiger partial charge is 0.263 e. The second kappa shape index (κ2) is 6.49. The summed E-state index contributed by atoms with van der Waals surface area (Å²) >= 11 is 5.90. The van der Waals surface area contributed by atoms with Crippen LogP contribution in [0, 0.1) is 5.82 Å². The molecule has 0 radical (unpaired) electrons. The molecule has 124 valence electrons. The Morgan fingerprint density at radius 3 is 2.52 bits per heavy atom. The highest BCUT2D eigenvalue weighted by Crippen LogP contribution is 2.31. The van der Waals surface area contributed by atoms with Gasteiger partial charge in [0.1, 0.15) is 29.0 Å². The molecule has 5 nitrogen and oxygen atoms in total. The predicted octanol–water partition coefficient (Wildman–Crippen LogP) is 4.69. The summed E-state index contributed by atoms with van der Waals surface area (Å²) in [4.78, 5) is 8.39. The molecule has 1 N–H and O–H groups in total. The number of nitrogens with one attached hydrogen (secondary N) is 1. The topological polar surface area (TPSA) is 63.8 Å². The van der Waals surface area contributed by atoms with Gasteiger partial charge in [-0.2, -0.15) is 4.98 Å². The molecule has 4 aromatic rings. The van der Waals surface area contributed by atoms with Crippen molar-refractivity contribution in [1.29, 1.82) is 0 Å². The number of hydrogen-bond donors (Lipinski definition) is 1. The van der Waals surface area contributed by atoms with Crippen LogP contribution in [0.3, 0.4) is 0 Å². The van der Waals surface area contributed by atoms with Crippen LogP contribution in [0.25, 0.3) is 22.4 Å². The van der Waals surface area contributed by atoms with Gasteiger partial charge in [0.25, 0.3) is 5.71 Å². The summed E-state index contributed by atoms with van der Waals surface area (Å²) in [5.74, 6) is 0.286. The van der Waals surface area contributed by atoms with Crippen molar-refractivity contribution in [2.45, 2.75) is 6.54 Å². The van der Waals surface area contributed by atoms with Crippen molar-refractivity contribution in [2.24, 2.45) is 0 Å². The Hall–Kier alpha value is -2.99. The maximum Gasteiger partial charge on any atom is 0.263 e. The summed E-state index contributed by atoms with van der Waals surface area (Å²) in [6.45, 7) is 0.553. The molecule has 2 aromatic heterocycles. The third kappa shape index (κ3) is 3.16. The number of hydrogen-bond acceptors (Lipinski definition) is 5. The lowest BCUT2D eigenvalue weighted by Gasteiger charge is -2.07. The van der Waals surface area contributed by atoms with Crippen LogP contribution >= 0.6 is 11.6 Å². The highest BCUT2D eigenvalue weighted by Gasteiger charge is 2.16. The van der Waals surface area contributed by atoms with Crippen LogP contribution in [0.15, 0.2) is 59.4 Å². The van der Waals surface area contributed by atoms with E-state index in [-0.39, 0.29) is 5.82 Å². The summed E-state index contributed by atoms with van der Waals surface area (Å²) < 4.78 is 18.5. The van der Waals surface area contributed by atoms with E-state index in [0.717, 1.165) is 11.1 Å². The fraction of sp³-hybridized carbons (Fsp3) is 0.0556. The highest BCUT2D eigenvalue weighted by molar-refractivity contribution is 6.30. The molecule has 0 aliphatic heterocycles. The molecule has 0 bridgehead atoms. The molecule has 0 fully saturated rings. The van der Waals surface area contributed by atoms with E-state index < -0.39 is 0 Å². The molecule has 0 aliphatic rings. The predicted molar refractivity (Wildman–Crippen MR) is 93.8 cm³/mol. The van der Waals surface area contributed by atoms with Crippen LogP contribution in [-0.4, -0.2) is 15.1 Å². The van der Waals surface area contributed by atoms with Gasteiger partial charge < -0.3 is 9.84 Å². The summed E-state index contributed by atoms with van der Waals surface area (Å²) in [5, 5.41) is 8.67. The van der Waals surface area contributed by atoms with Crippen molar-refractivity contribution >= 4 is 28.5 Å². The fourth-order valence-corrected chi connectivity index (χ4v) is 2.64. The Morgan fingerprint density at radius 1 is 1.00 bits per heavy atom. The first-order valence-electron chi connectivity index (χ1n) is 7.55. The zero-order chi connectivity index (χ0) is 17.2. The molecule has 0 spiro atoms. The van der Waals surface area contributed by atoms with Crippen molar-refractivity contribution < 1.29 is 8.91 Å². The number of anilines is 1. The molecule has 0 aliphatic carbocycles. The number of nitrogens with zero attached hydrogens (tertiary/aromatic N) is 3. The Kier molecular flexibility index (Phi) is 4.03. The van der Waals surface area contributed by atoms with Gasteiger partial charge in [0.2, 0.25) is 0 Å². The van der Waals surface area contributed by atoms with Crippen molar-refractivity contribution in [3.63, 3.8) is 0 Å². The highest BCUT2D eigenvalue weighted by atomic mass is 35.5. The maximum atomic E-state index is 13.2. The van der Waals surface area contributed by atoms with Gasteiger partial charge in [-0.15, -0.1) is 0 Å². The monoisotopic (exact) mass is 354 g/mol. The second-order valence-electron chi connectivity index (χ2n) is 5.42. The van der Waals surface area contributed by atoms with Gasteiger partial charge in [0, 0.05) is 17.1 Å². The van der Waals surface area contributed by atoms with Crippen LogP contribution in [0.5, 0.6) is 0 Å². The first-order chi connectivity index (χ1) is 12.2. The van der Waals surface area contributed by atoms with Crippen LogP contribution in [0.4, 0.5) is 10.2 Å². The van der Waals surface area contributed by atoms with Crippen LogP contribution in [0.2, 0.25) is 5.02 Å². The van der Waals surface area contributed by atoms with Gasteiger partial charge in [0.05, 0.1) is 0 Å². The minimum absolute atomic E-state index is 0.311. The molecule has 0 saturated carbocycles. The second-order valence-corrected chi connectivity index (χ2v) is 5.86. The minimum Gasteiger partial charge on any atom is -0.365 e. The molecule has 4 rings (SSSR count). The van der Waals surface area contributed by atoms with Gasteiger partial charge in [0.15, 0.2) is 0 Å². The average Bonchev–Trinajstić information content (AvgIpc) is 3.07. The van der Waals surface area contributed by atoms with Crippen molar-refractivity contribution in [3.05, 3.63) is 71.3 Å². The number of fused-ring (bicyclic) bond motifs is 1. The molecule has 0 amide bonds. The lowest BCUT2D eigenvalue weighted by atomic mass is 10.1. The summed E-state index contributed by atoms with van der Waals surface area (Å²) in [5.41, 5.74) is 2.71. The van der Waals surface area contributed by atoms with Gasteiger partial charge in [-0.3, -0.25) is 0 Å². The molecule has 7 heteroatoms. The fourth-order valence-electron chi connectivity index (χ4n) is 2.51. The number of halogens is 2. The first kappa shape index (κ1) is 15.5. The maximum absolute atomic E-state index is 13.2. The van der Waals surface area contributed by atoms with E-state index >= 15 is 0 Å². The standard InChI is InChI=1S/C18H12ClFN4O/c19-13-5-1-11(2-6-13)9-21-17-15-16(12-3-7-14(20)8-4-12)24-25-18(15)23-10-22-17/h1-8,10H,9H2,(H,21,22,23). The summed E-state index contributed by atoms with van der Waals surface area (Å²) in [6.07, 6.45) is 1.41. The van der Waals surface area contributed by atoms with E-state index in [1.165, 1.54) is 18.5 Å². The molecule has 0 atom stereocenters. The lowest BCUT2D eigenvalue weighted by Crippen LogP contribution is -2.02. The van der Waals surface area contributed by atoms with Crippen molar-refractivity contribution in [1.82, 2.24) is 15.1 Å². The van der Waals surface area contributed by atoms with E-state index in [0.29, 0.717) is 34.2 Å². The molecule has 2 aromatic carbocycles. The quantitative estimate of drug-likeness (QED) is 0.576. The Labute approximate surface area is 147 Å². The Bertz CT molecular complexity index is 1020.